The van der Waals surface area contributed by atoms with Crippen molar-refractivity contribution in [2.75, 3.05) is 0 Å². The monoisotopic (exact) mass is 386 g/mol. The van der Waals surface area contributed by atoms with Crippen LogP contribution in [0.1, 0.15) is 0 Å². The Labute approximate surface area is 167 Å². The van der Waals surface area contributed by atoms with Gasteiger partial charge in [0.1, 0.15) is 12.6 Å². The Hall–Kier alpha value is 1.57. The minimum absolute atomic E-state index is 0. The first-order valence-electron chi connectivity index (χ1n) is 3.99. The van der Waals surface area contributed by atoms with Gasteiger partial charge in [-0.2, -0.15) is 0 Å². The molecular weight excluding hydrogens is 382 g/mol. The van der Waals surface area contributed by atoms with Gasteiger partial charge in [0.25, 0.3) is 0 Å². The van der Waals surface area contributed by atoms with Crippen molar-refractivity contribution in [2.24, 2.45) is 4.99 Å². The molecule has 2 rings (SSSR count). The molecule has 0 saturated carbocycles. The summed E-state index contributed by atoms with van der Waals surface area (Å²) in [7, 11) is -5.07. The molecule has 0 bridgehead atoms. The average molecular weight is 387 g/mol. The number of allylic oxidation sites excluding steroid dienone is 4. The molecule has 0 spiro atoms. The van der Waals surface area contributed by atoms with E-state index in [9.17, 15) is 14.4 Å². The predicted octanol–water partition coefficient (Wildman–Crippen LogP) is -5.70. The first-order chi connectivity index (χ1) is 7.37. The van der Waals surface area contributed by atoms with E-state index in [0.717, 1.165) is 6.20 Å². The third-order valence-electron chi connectivity index (χ3n) is 1.84. The Morgan fingerprint density at radius 3 is 2.42 bits per heavy atom. The Kier molecular flexibility index (Phi) is 10.7. The molecule has 0 unspecified atom stereocenters. The zero-order valence-corrected chi connectivity index (χ0v) is 17.3. The summed E-state index contributed by atoms with van der Waals surface area (Å²) in [6.07, 6.45) is 4.24. The van der Waals surface area contributed by atoms with Crippen LogP contribution in [0.5, 0.6) is 0 Å². The number of hydrogen-bond acceptors (Lipinski definition) is 5. The maximum Gasteiger partial charge on any atom is 1.00 e. The summed E-state index contributed by atoms with van der Waals surface area (Å²) in [6, 6.07) is 0. The van der Waals surface area contributed by atoms with Crippen molar-refractivity contribution in [2.45, 2.75) is 0 Å². The normalized spacial score (nSPS) is 17.5. The smallest absolute Gasteiger partial charge is 0.780 e. The van der Waals surface area contributed by atoms with E-state index in [2.05, 4.69) is 25.4 Å². The number of halogens is 2. The minimum Gasteiger partial charge on any atom is -0.780 e. The average Bonchev–Trinajstić information content (AvgIpc) is 2.47. The number of phosphoric acid groups is 1. The zero-order chi connectivity index (χ0) is 11.9. The summed E-state index contributed by atoms with van der Waals surface area (Å²) in [5.41, 5.74) is 0.861. The van der Waals surface area contributed by atoms with Gasteiger partial charge in [0, 0.05) is 10.6 Å². The van der Waals surface area contributed by atoms with E-state index >= 15 is 0 Å². The molecule has 1 radical (unpaired) electrons. The molecule has 1 aliphatic carbocycles. The Morgan fingerprint density at radius 2 is 1.89 bits per heavy atom. The fourth-order valence-electron chi connectivity index (χ4n) is 1.23. The first kappa shape index (κ1) is 22.8. The van der Waals surface area contributed by atoms with Crippen molar-refractivity contribution in [3.05, 3.63) is 39.5 Å². The summed E-state index contributed by atoms with van der Waals surface area (Å²) in [4.78, 5) is 25.4. The number of aliphatic imine (C=N–C) groups is 1. The minimum atomic E-state index is -5.07. The van der Waals surface area contributed by atoms with Crippen LogP contribution in [0.2, 0.25) is 0 Å². The summed E-state index contributed by atoms with van der Waals surface area (Å²) in [5, 5.41) is 0.435. The van der Waals surface area contributed by atoms with Crippen LogP contribution < -0.4 is 68.9 Å². The van der Waals surface area contributed by atoms with Crippen molar-refractivity contribution in [1.82, 2.24) is 0 Å². The fraction of sp³-hybridized carbons (Fsp3) is 0. The second-order valence-corrected chi connectivity index (χ2v) is 5.28. The van der Waals surface area contributed by atoms with E-state index in [1.165, 1.54) is 12.2 Å². The van der Waals surface area contributed by atoms with Crippen LogP contribution in [0.25, 0.3) is 0 Å². The molecule has 93 valence electrons. The Bertz CT molecular complexity index is 515. The van der Waals surface area contributed by atoms with Gasteiger partial charge in [-0.3, -0.25) is 4.99 Å². The van der Waals surface area contributed by atoms with Gasteiger partial charge in [0.15, 0.2) is 5.76 Å². The molecule has 0 aromatic carbocycles. The van der Waals surface area contributed by atoms with E-state index in [0.29, 0.717) is 21.1 Å². The summed E-state index contributed by atoms with van der Waals surface area (Å²) in [5.74, 6) is -0.0966. The number of nitrogens with zero attached hydrogens (tertiary/aromatic N) is 1. The molecule has 0 fully saturated rings. The number of rotatable bonds is 2. The molecule has 19 heavy (non-hydrogen) atoms. The zero-order valence-electron chi connectivity index (χ0n) is 10.0. The van der Waals surface area contributed by atoms with Crippen molar-refractivity contribution in [1.29, 1.82) is 0 Å². The molecule has 0 saturated heterocycles. The summed E-state index contributed by atoms with van der Waals surface area (Å²) in [6.45, 7) is 0. The van der Waals surface area contributed by atoms with Gasteiger partial charge < -0.3 is 24.4 Å². The summed E-state index contributed by atoms with van der Waals surface area (Å²) >= 11 is 9.00. The van der Waals surface area contributed by atoms with Crippen LogP contribution in [0.15, 0.2) is 39.7 Å². The van der Waals surface area contributed by atoms with Crippen LogP contribution in [0.4, 0.5) is 0 Å². The molecule has 0 atom stereocenters. The van der Waals surface area contributed by atoms with Crippen molar-refractivity contribution >= 4 is 41.1 Å². The molecule has 0 aromatic heterocycles. The second-order valence-electron chi connectivity index (χ2n) is 2.94. The van der Waals surface area contributed by atoms with Gasteiger partial charge >= 0.3 is 59.1 Å². The van der Waals surface area contributed by atoms with Crippen LogP contribution in [0.3, 0.4) is 0 Å². The topological polar surface area (TPSA) is 116 Å². The van der Waals surface area contributed by atoms with Gasteiger partial charge in [0.2, 0.25) is 0 Å². The van der Waals surface area contributed by atoms with Crippen LogP contribution in [-0.4, -0.2) is 11.2 Å². The molecule has 0 amide bonds. The van der Waals surface area contributed by atoms with Crippen molar-refractivity contribution < 1.29 is 83.5 Å². The second kappa shape index (κ2) is 8.88. The van der Waals surface area contributed by atoms with Gasteiger partial charge in [0.05, 0.1) is 11.9 Å². The largest absolute Gasteiger partial charge is 1.00 e. The van der Waals surface area contributed by atoms with E-state index in [4.69, 9.17) is 11.6 Å². The summed E-state index contributed by atoms with van der Waals surface area (Å²) < 4.78 is 14.7. The first-order valence-corrected chi connectivity index (χ1v) is 6.62. The quantitative estimate of drug-likeness (QED) is 0.347. The van der Waals surface area contributed by atoms with Gasteiger partial charge in [-0.15, -0.1) is 0 Å². The maximum absolute atomic E-state index is 10.5. The predicted molar refractivity (Wildman–Crippen MR) is 62.0 cm³/mol. The van der Waals surface area contributed by atoms with Crippen LogP contribution >= 0.6 is 35.4 Å². The van der Waals surface area contributed by atoms with Gasteiger partial charge in [-0.25, -0.2) is 0 Å². The molecule has 1 heterocycles. The third-order valence-corrected chi connectivity index (χ3v) is 3.45. The SMILES string of the molecule is O.O=P([O-])([O-])OC1=CN=C2C=C(Cl)[C](Br)C=C12.[Na+].[Na+]. The fourth-order valence-corrected chi connectivity index (χ4v) is 2.12. The van der Waals surface area contributed by atoms with Gasteiger partial charge in [-0.1, -0.05) is 27.5 Å². The molecular formula is C8H5BrClNNa2O5P. The van der Waals surface area contributed by atoms with Gasteiger partial charge in [-0.05, 0) is 12.2 Å². The van der Waals surface area contributed by atoms with Crippen LogP contribution in [-0.2, 0) is 9.09 Å². The Balaban J connectivity index is 0. The van der Waals surface area contributed by atoms with E-state index in [1.54, 1.807) is 0 Å². The maximum atomic E-state index is 10.5. The van der Waals surface area contributed by atoms with Crippen molar-refractivity contribution in [3.63, 3.8) is 0 Å². The molecule has 0 aromatic rings. The van der Waals surface area contributed by atoms with Crippen molar-refractivity contribution in [3.8, 4) is 0 Å². The van der Waals surface area contributed by atoms with E-state index < -0.39 is 7.82 Å². The van der Waals surface area contributed by atoms with E-state index in [1.807, 2.05) is 0 Å². The van der Waals surface area contributed by atoms with E-state index in [-0.39, 0.29) is 70.3 Å². The molecule has 1 aliphatic heterocycles. The molecule has 11 heteroatoms. The number of phosphoric ester groups is 1. The molecule has 2 aliphatic rings. The molecule has 6 nitrogen and oxygen atoms in total. The third kappa shape index (κ3) is 6.06. The number of fused-ring (bicyclic) bond motifs is 1. The standard InChI is InChI=1S/C8H5BrClNO4P.2Na.H2O/c9-5-1-4-7(2-6(5)10)11-3-8(4)15-16(12,13)14;;;/h1-3H,(H2,12,13,14);;;1H2/q;2*+1;/p-2. The molecule has 2 N–H and O–H groups in total. The van der Waals surface area contributed by atoms with Crippen LogP contribution in [0, 0.1) is 4.83 Å². The number of hydrogen-bond donors (Lipinski definition) is 0. The Morgan fingerprint density at radius 1 is 1.32 bits per heavy atom.